The Hall–Kier alpha value is -2.20. The molecule has 1 aliphatic carbocycles. The van der Waals surface area contributed by atoms with Gasteiger partial charge >= 0.3 is 0 Å². The van der Waals surface area contributed by atoms with Crippen LogP contribution in [0, 0.1) is 5.82 Å². The lowest BCUT2D eigenvalue weighted by Crippen LogP contribution is -2.35. The predicted molar refractivity (Wildman–Crippen MR) is 91.0 cm³/mol. The average Bonchev–Trinajstić information content (AvgIpc) is 3.04. The largest absolute Gasteiger partial charge is 0.396 e. The molecule has 0 aliphatic heterocycles. The molecular weight excluding hydrogens is 305 g/mol. The van der Waals surface area contributed by atoms with Crippen molar-refractivity contribution in [3.8, 4) is 0 Å². The van der Waals surface area contributed by atoms with Crippen LogP contribution in [0.2, 0.25) is 0 Å². The third kappa shape index (κ3) is 3.65. The highest BCUT2D eigenvalue weighted by Gasteiger charge is 2.31. The van der Waals surface area contributed by atoms with E-state index in [0.29, 0.717) is 19.5 Å². The van der Waals surface area contributed by atoms with Crippen molar-refractivity contribution in [1.29, 1.82) is 0 Å². The summed E-state index contributed by atoms with van der Waals surface area (Å²) in [4.78, 5) is 14.8. The second-order valence-electron chi connectivity index (χ2n) is 6.25. The monoisotopic (exact) mass is 327 g/mol. The second kappa shape index (κ2) is 7.58. The molecule has 0 saturated carbocycles. The average molecular weight is 327 g/mol. The van der Waals surface area contributed by atoms with Crippen LogP contribution in [0.5, 0.6) is 0 Å². The summed E-state index contributed by atoms with van der Waals surface area (Å²) in [6, 6.07) is 14.3. The lowest BCUT2D eigenvalue weighted by atomic mass is 9.99. The van der Waals surface area contributed by atoms with Crippen molar-refractivity contribution >= 4 is 5.91 Å². The maximum Gasteiger partial charge on any atom is 0.230 e. The van der Waals surface area contributed by atoms with Gasteiger partial charge in [-0.1, -0.05) is 36.4 Å². The minimum atomic E-state index is -0.281. The first-order valence-electron chi connectivity index (χ1n) is 8.41. The maximum atomic E-state index is 13.1. The Labute approximate surface area is 141 Å². The Balaban J connectivity index is 1.78. The number of aryl methyl sites for hydroxylation is 1. The van der Waals surface area contributed by atoms with Crippen molar-refractivity contribution in [2.45, 2.75) is 31.7 Å². The zero-order valence-electron chi connectivity index (χ0n) is 13.6. The highest BCUT2D eigenvalue weighted by molar-refractivity contribution is 5.85. The summed E-state index contributed by atoms with van der Waals surface area (Å²) in [6.07, 6.45) is 2.30. The summed E-state index contributed by atoms with van der Waals surface area (Å²) in [7, 11) is 0. The van der Waals surface area contributed by atoms with E-state index in [4.69, 9.17) is 5.11 Å². The highest BCUT2D eigenvalue weighted by atomic mass is 19.1. The first-order chi connectivity index (χ1) is 11.7. The number of benzene rings is 2. The van der Waals surface area contributed by atoms with E-state index in [1.807, 2.05) is 18.2 Å². The summed E-state index contributed by atoms with van der Waals surface area (Å²) in [5, 5.41) is 9.13. The molecule has 3 nitrogen and oxygen atoms in total. The molecule has 0 radical (unpaired) electrons. The summed E-state index contributed by atoms with van der Waals surface area (Å²) < 4.78 is 13.1. The van der Waals surface area contributed by atoms with Crippen LogP contribution in [0.1, 0.15) is 35.4 Å². The molecule has 1 amide bonds. The summed E-state index contributed by atoms with van der Waals surface area (Å²) >= 11 is 0. The molecule has 0 heterocycles. The number of hydrogen-bond acceptors (Lipinski definition) is 2. The van der Waals surface area contributed by atoms with Crippen molar-refractivity contribution in [1.82, 2.24) is 4.90 Å². The summed E-state index contributed by atoms with van der Waals surface area (Å²) in [5.74, 6) is -0.297. The van der Waals surface area contributed by atoms with E-state index < -0.39 is 0 Å². The number of halogens is 1. The van der Waals surface area contributed by atoms with Crippen LogP contribution in [0.4, 0.5) is 4.39 Å². The Bertz CT molecular complexity index is 699. The number of carbonyl (C=O) groups is 1. The highest BCUT2D eigenvalue weighted by Crippen LogP contribution is 2.34. The van der Waals surface area contributed by atoms with Crippen LogP contribution in [0.3, 0.4) is 0 Å². The Morgan fingerprint density at radius 3 is 2.67 bits per heavy atom. The molecule has 4 heteroatoms. The van der Waals surface area contributed by atoms with Gasteiger partial charge in [0.1, 0.15) is 5.82 Å². The fourth-order valence-corrected chi connectivity index (χ4v) is 3.37. The van der Waals surface area contributed by atoms with Gasteiger partial charge in [-0.15, -0.1) is 0 Å². The zero-order valence-corrected chi connectivity index (χ0v) is 13.6. The Morgan fingerprint density at radius 2 is 1.92 bits per heavy atom. The molecule has 0 fully saturated rings. The zero-order chi connectivity index (χ0) is 16.9. The minimum absolute atomic E-state index is 0.0501. The van der Waals surface area contributed by atoms with Gasteiger partial charge in [0, 0.05) is 19.7 Å². The molecule has 0 unspecified atom stereocenters. The molecule has 126 valence electrons. The van der Waals surface area contributed by atoms with Crippen LogP contribution in [-0.2, 0) is 17.8 Å². The molecule has 0 saturated heterocycles. The van der Waals surface area contributed by atoms with E-state index in [1.165, 1.54) is 17.7 Å². The van der Waals surface area contributed by atoms with Gasteiger partial charge in [-0.3, -0.25) is 4.79 Å². The molecule has 0 spiro atoms. The van der Waals surface area contributed by atoms with Gasteiger partial charge < -0.3 is 10.0 Å². The van der Waals surface area contributed by atoms with E-state index in [-0.39, 0.29) is 24.2 Å². The third-order valence-electron chi connectivity index (χ3n) is 4.62. The molecule has 1 aliphatic rings. The first-order valence-corrected chi connectivity index (χ1v) is 8.41. The van der Waals surface area contributed by atoms with Crippen LogP contribution >= 0.6 is 0 Å². The second-order valence-corrected chi connectivity index (χ2v) is 6.25. The quantitative estimate of drug-likeness (QED) is 0.885. The van der Waals surface area contributed by atoms with E-state index in [2.05, 4.69) is 6.07 Å². The van der Waals surface area contributed by atoms with E-state index in [9.17, 15) is 9.18 Å². The van der Waals surface area contributed by atoms with E-state index in [0.717, 1.165) is 24.0 Å². The number of fused-ring (bicyclic) bond motifs is 1. The lowest BCUT2D eigenvalue weighted by molar-refractivity contribution is -0.133. The van der Waals surface area contributed by atoms with Gasteiger partial charge in [0.25, 0.3) is 0 Å². The molecule has 1 atom stereocenters. The van der Waals surface area contributed by atoms with E-state index in [1.54, 1.807) is 17.0 Å². The number of nitrogens with zero attached hydrogens (tertiary/aromatic N) is 1. The number of amides is 1. The first kappa shape index (κ1) is 16.7. The van der Waals surface area contributed by atoms with Crippen molar-refractivity contribution in [3.63, 3.8) is 0 Å². The SMILES string of the molecule is O=C([C@H]1CCc2ccccc21)N(CCCO)Cc1ccc(F)cc1. The standard InChI is InChI=1S/C20H22FNO2/c21-17-9-6-15(7-10-17)14-22(12-3-13-23)20(24)19-11-8-16-4-1-2-5-18(16)19/h1-2,4-7,9-10,19,23H,3,8,11-14H2/t19-/m0/s1. The summed E-state index contributed by atoms with van der Waals surface area (Å²) in [5.41, 5.74) is 3.27. The molecule has 1 N–H and O–H groups in total. The van der Waals surface area contributed by atoms with Gasteiger partial charge in [0.05, 0.1) is 5.92 Å². The molecule has 0 bridgehead atoms. The van der Waals surface area contributed by atoms with Gasteiger partial charge in [-0.05, 0) is 48.1 Å². The lowest BCUT2D eigenvalue weighted by Gasteiger charge is -2.26. The number of hydrogen-bond donors (Lipinski definition) is 1. The smallest absolute Gasteiger partial charge is 0.230 e. The summed E-state index contributed by atoms with van der Waals surface area (Å²) in [6.45, 7) is 0.998. The number of aliphatic hydroxyl groups excluding tert-OH is 1. The van der Waals surface area contributed by atoms with E-state index >= 15 is 0 Å². The van der Waals surface area contributed by atoms with Crippen molar-refractivity contribution < 1.29 is 14.3 Å². The Morgan fingerprint density at radius 1 is 1.17 bits per heavy atom. The molecule has 0 aromatic heterocycles. The molecule has 2 aromatic rings. The minimum Gasteiger partial charge on any atom is -0.396 e. The van der Waals surface area contributed by atoms with Crippen LogP contribution in [0.25, 0.3) is 0 Å². The molecule has 3 rings (SSSR count). The van der Waals surface area contributed by atoms with Crippen LogP contribution in [-0.4, -0.2) is 29.1 Å². The van der Waals surface area contributed by atoms with Gasteiger partial charge in [0.15, 0.2) is 0 Å². The number of carbonyl (C=O) groups excluding carboxylic acids is 1. The molecule has 2 aromatic carbocycles. The van der Waals surface area contributed by atoms with Crippen LogP contribution < -0.4 is 0 Å². The van der Waals surface area contributed by atoms with Crippen molar-refractivity contribution in [2.24, 2.45) is 0 Å². The maximum absolute atomic E-state index is 13.1. The number of rotatable bonds is 6. The molecular formula is C20H22FNO2. The predicted octanol–water partition coefficient (Wildman–Crippen LogP) is 3.27. The van der Waals surface area contributed by atoms with Gasteiger partial charge in [-0.25, -0.2) is 4.39 Å². The van der Waals surface area contributed by atoms with Crippen molar-refractivity contribution in [3.05, 3.63) is 71.0 Å². The van der Waals surface area contributed by atoms with Crippen LogP contribution in [0.15, 0.2) is 48.5 Å². The number of aliphatic hydroxyl groups is 1. The van der Waals surface area contributed by atoms with Gasteiger partial charge in [0.2, 0.25) is 5.91 Å². The molecule has 24 heavy (non-hydrogen) atoms. The Kier molecular flexibility index (Phi) is 5.26. The fraction of sp³-hybridized carbons (Fsp3) is 0.350. The third-order valence-corrected chi connectivity index (χ3v) is 4.62. The fourth-order valence-electron chi connectivity index (χ4n) is 3.37. The van der Waals surface area contributed by atoms with Gasteiger partial charge in [-0.2, -0.15) is 0 Å². The normalized spacial score (nSPS) is 16.0. The topological polar surface area (TPSA) is 40.5 Å². The van der Waals surface area contributed by atoms with Crippen molar-refractivity contribution in [2.75, 3.05) is 13.2 Å².